The Morgan fingerprint density at radius 2 is 1.63 bits per heavy atom. The number of carbonyl (C=O) groups is 3. The minimum absolute atomic E-state index is 0.00503. The summed E-state index contributed by atoms with van der Waals surface area (Å²) in [5, 5.41) is 22.4. The van der Waals surface area contributed by atoms with E-state index in [4.69, 9.17) is 9.84 Å². The molecule has 9 nitrogen and oxygen atoms in total. The van der Waals surface area contributed by atoms with Crippen molar-refractivity contribution in [2.24, 2.45) is 0 Å². The second kappa shape index (κ2) is 16.8. The van der Waals surface area contributed by atoms with Gasteiger partial charge >= 0.3 is 5.97 Å². The molecule has 3 aromatic carbocycles. The van der Waals surface area contributed by atoms with E-state index in [0.717, 1.165) is 46.7 Å². The number of aliphatic carboxylic acids is 1. The van der Waals surface area contributed by atoms with Gasteiger partial charge in [0.25, 0.3) is 0 Å². The van der Waals surface area contributed by atoms with Crippen molar-refractivity contribution in [3.8, 4) is 5.75 Å². The second-order valence-electron chi connectivity index (χ2n) is 13.8. The number of aryl methyl sites for hydroxylation is 1. The molecule has 3 aromatic rings. The third-order valence-electron chi connectivity index (χ3n) is 10.0. The first-order valence-corrected chi connectivity index (χ1v) is 17.9. The number of aliphatic hydroxyl groups excluding tert-OH is 1. The molecule has 2 heterocycles. The first-order chi connectivity index (χ1) is 25.1. The number of carboxylic acids is 1. The first kappa shape index (κ1) is 37.1. The maximum absolute atomic E-state index is 14.7. The van der Waals surface area contributed by atoms with E-state index in [-0.39, 0.29) is 56.4 Å². The summed E-state index contributed by atoms with van der Waals surface area (Å²) in [5.41, 5.74) is 4.93. The summed E-state index contributed by atoms with van der Waals surface area (Å²) in [4.78, 5) is 43.1. The smallest absolute Gasteiger partial charge is 0.303 e. The summed E-state index contributed by atoms with van der Waals surface area (Å²) in [6.45, 7) is 0.666. The molecule has 1 saturated heterocycles. The summed E-state index contributed by atoms with van der Waals surface area (Å²) >= 11 is 0. The van der Waals surface area contributed by atoms with Crippen LogP contribution in [0.1, 0.15) is 67.2 Å². The molecule has 0 spiro atoms. The highest BCUT2D eigenvalue weighted by molar-refractivity contribution is 5.90. The van der Waals surface area contributed by atoms with Gasteiger partial charge in [-0.2, -0.15) is 4.39 Å². The zero-order chi connectivity index (χ0) is 36.8. The number of aliphatic hydroxyl groups is 1. The summed E-state index contributed by atoms with van der Waals surface area (Å²) in [6.07, 6.45) is 5.97. The molecule has 1 saturated carbocycles. The Hall–Kier alpha value is -4.68. The molecule has 2 amide bonds. The van der Waals surface area contributed by atoms with Crippen LogP contribution in [0, 0.1) is 17.5 Å². The van der Waals surface area contributed by atoms with Crippen molar-refractivity contribution in [1.82, 2.24) is 15.1 Å². The number of ether oxygens (including phenoxy) is 1. The Bertz CT molecular complexity index is 1800. The number of carbonyl (C=O) groups excluding carboxylic acids is 2. The number of hydrogen-bond donors (Lipinski definition) is 3. The maximum atomic E-state index is 14.7. The molecule has 6 rings (SSSR count). The third kappa shape index (κ3) is 8.85. The summed E-state index contributed by atoms with van der Waals surface area (Å²) in [7, 11) is 0. The highest BCUT2D eigenvalue weighted by Gasteiger charge is 2.47. The number of halogens is 3. The molecular weight excluding hydrogens is 675 g/mol. The van der Waals surface area contributed by atoms with Gasteiger partial charge in [0.1, 0.15) is 6.04 Å². The molecule has 0 radical (unpaired) electrons. The summed E-state index contributed by atoms with van der Waals surface area (Å²) in [5.74, 6) is -5.56. The molecule has 52 heavy (non-hydrogen) atoms. The van der Waals surface area contributed by atoms with E-state index < -0.39 is 41.3 Å². The van der Waals surface area contributed by atoms with Gasteiger partial charge in [0.05, 0.1) is 12.6 Å². The highest BCUT2D eigenvalue weighted by Crippen LogP contribution is 2.35. The zero-order valence-corrected chi connectivity index (χ0v) is 28.9. The topological polar surface area (TPSA) is 119 Å². The van der Waals surface area contributed by atoms with E-state index in [0.29, 0.717) is 44.8 Å². The standard InChI is InChI=1S/C40H44F3N3O6/c41-32-16-17-33(42)39(37(32)43)52-20-4-5-25-10-12-27(13-11-25)29-21-30-24-46(35(48)8-3-9-36(49)50)38(34(22-29)44-30)40(51)45(31-14-15-31)23-28-7-2-1-6-26(28)18-19-47/h1-2,6-7,10-13,16-17,22,30-31,34,38,44,47H,3-5,8-9,14-15,18-21,23-24H2,(H,49,50)/t30-,34+,38?/m1/s1. The third-order valence-corrected chi connectivity index (χ3v) is 10.0. The average molecular weight is 720 g/mol. The number of carboxylic acid groups (broad SMARTS) is 1. The zero-order valence-electron chi connectivity index (χ0n) is 28.9. The Kier molecular flexibility index (Phi) is 12.0. The summed E-state index contributed by atoms with van der Waals surface area (Å²) < 4.78 is 46.5. The number of benzene rings is 3. The monoisotopic (exact) mass is 719 g/mol. The largest absolute Gasteiger partial charge is 0.488 e. The number of hydrogen-bond acceptors (Lipinski definition) is 6. The minimum atomic E-state index is -1.34. The van der Waals surface area contributed by atoms with Crippen LogP contribution >= 0.6 is 0 Å². The second-order valence-corrected chi connectivity index (χ2v) is 13.8. The van der Waals surface area contributed by atoms with Crippen LogP contribution in [0.15, 0.2) is 66.7 Å². The number of nitrogens with one attached hydrogen (secondary N) is 1. The van der Waals surface area contributed by atoms with E-state index in [1.165, 1.54) is 0 Å². The SMILES string of the molecule is O=C(O)CCCC(=O)N1C[C@H]2CC(c3ccc(CCCOc4c(F)ccc(F)c4F)cc3)=C[C@H](N2)C1C(=O)N(Cc1ccccc1CCO)C1CC1. The fraction of sp³-hybridized carbons (Fsp3) is 0.425. The van der Waals surface area contributed by atoms with Gasteiger partial charge in [-0.15, -0.1) is 0 Å². The quantitative estimate of drug-likeness (QED) is 0.134. The summed E-state index contributed by atoms with van der Waals surface area (Å²) in [6, 6.07) is 15.9. The number of nitrogens with zero attached hydrogens (tertiary/aromatic N) is 2. The molecule has 2 fully saturated rings. The lowest BCUT2D eigenvalue weighted by molar-refractivity contribution is -0.150. The van der Waals surface area contributed by atoms with Gasteiger partial charge in [0.15, 0.2) is 17.4 Å². The van der Waals surface area contributed by atoms with Crippen molar-refractivity contribution in [3.63, 3.8) is 0 Å². The average Bonchev–Trinajstić information content (AvgIpc) is 3.98. The minimum Gasteiger partial charge on any atom is -0.488 e. The van der Waals surface area contributed by atoms with Gasteiger partial charge in [-0.1, -0.05) is 54.6 Å². The number of amides is 2. The van der Waals surface area contributed by atoms with Crippen LogP contribution in [-0.2, 0) is 33.8 Å². The maximum Gasteiger partial charge on any atom is 0.303 e. The molecule has 12 heteroatoms. The fourth-order valence-electron chi connectivity index (χ4n) is 7.25. The Balaban J connectivity index is 1.19. The van der Waals surface area contributed by atoms with E-state index in [9.17, 15) is 32.7 Å². The molecule has 3 aliphatic rings. The molecule has 276 valence electrons. The normalized spacial score (nSPS) is 19.6. The predicted molar refractivity (Wildman–Crippen MR) is 188 cm³/mol. The van der Waals surface area contributed by atoms with Crippen molar-refractivity contribution in [1.29, 1.82) is 0 Å². The van der Waals surface area contributed by atoms with Crippen molar-refractivity contribution in [2.75, 3.05) is 19.8 Å². The molecule has 2 aliphatic heterocycles. The Morgan fingerprint density at radius 3 is 2.35 bits per heavy atom. The molecule has 2 bridgehead atoms. The highest BCUT2D eigenvalue weighted by atomic mass is 19.2. The van der Waals surface area contributed by atoms with Gasteiger partial charge in [-0.25, -0.2) is 8.78 Å². The number of rotatable bonds is 16. The van der Waals surface area contributed by atoms with E-state index in [1.54, 1.807) is 4.90 Å². The van der Waals surface area contributed by atoms with Crippen LogP contribution in [0.25, 0.3) is 5.57 Å². The van der Waals surface area contributed by atoms with Crippen molar-refractivity contribution in [2.45, 2.75) is 88.5 Å². The fourth-order valence-corrected chi connectivity index (χ4v) is 7.25. The van der Waals surface area contributed by atoms with Gasteiger partial charge in [0, 0.05) is 44.6 Å². The van der Waals surface area contributed by atoms with Crippen LogP contribution in [0.3, 0.4) is 0 Å². The van der Waals surface area contributed by atoms with Gasteiger partial charge < -0.3 is 30.1 Å². The lowest BCUT2D eigenvalue weighted by Crippen LogP contribution is -2.68. The van der Waals surface area contributed by atoms with Gasteiger partial charge in [-0.05, 0) is 84.9 Å². The Morgan fingerprint density at radius 1 is 0.904 bits per heavy atom. The van der Waals surface area contributed by atoms with Gasteiger partial charge in [-0.3, -0.25) is 14.4 Å². The van der Waals surface area contributed by atoms with E-state index in [2.05, 4.69) is 5.32 Å². The van der Waals surface area contributed by atoms with Crippen LogP contribution in [-0.4, -0.2) is 81.7 Å². The first-order valence-electron chi connectivity index (χ1n) is 17.9. The molecular formula is C40H44F3N3O6. The number of fused-ring (bicyclic) bond motifs is 2. The predicted octanol–water partition coefficient (Wildman–Crippen LogP) is 5.42. The molecule has 1 unspecified atom stereocenters. The van der Waals surface area contributed by atoms with Crippen LogP contribution in [0.2, 0.25) is 0 Å². The van der Waals surface area contributed by atoms with Crippen molar-refractivity contribution in [3.05, 3.63) is 106 Å². The van der Waals surface area contributed by atoms with Crippen molar-refractivity contribution >= 4 is 23.4 Å². The molecule has 1 aliphatic carbocycles. The Labute approximate surface area is 301 Å². The van der Waals surface area contributed by atoms with E-state index >= 15 is 0 Å². The van der Waals surface area contributed by atoms with Crippen LogP contribution < -0.4 is 10.1 Å². The van der Waals surface area contributed by atoms with Crippen LogP contribution in [0.4, 0.5) is 13.2 Å². The lowest BCUT2D eigenvalue weighted by Gasteiger charge is -2.48. The lowest BCUT2D eigenvalue weighted by atomic mass is 9.85. The van der Waals surface area contributed by atoms with Crippen LogP contribution in [0.5, 0.6) is 5.75 Å². The van der Waals surface area contributed by atoms with E-state index in [1.807, 2.05) is 59.5 Å². The molecule has 3 N–H and O–H groups in total. The molecule has 3 atom stereocenters. The van der Waals surface area contributed by atoms with Gasteiger partial charge in [0.2, 0.25) is 17.6 Å². The number of piperazine rings is 1. The molecule has 0 aromatic heterocycles. The van der Waals surface area contributed by atoms with Crippen molar-refractivity contribution < 1.29 is 42.5 Å².